The summed E-state index contributed by atoms with van der Waals surface area (Å²) in [7, 11) is 0. The fraction of sp³-hybridized carbons (Fsp3) is 0.200. The van der Waals surface area contributed by atoms with E-state index >= 15 is 0 Å². The van der Waals surface area contributed by atoms with Crippen LogP contribution in [0.15, 0.2) is 60.7 Å². The number of nitrogens with zero attached hydrogens (tertiary/aromatic N) is 1. The van der Waals surface area contributed by atoms with Gasteiger partial charge in [0.2, 0.25) is 0 Å². The van der Waals surface area contributed by atoms with Gasteiger partial charge in [-0.2, -0.15) is 0 Å². The normalized spacial score (nSPS) is 19.5. The molecule has 1 atom stereocenters. The minimum atomic E-state index is 0.304. The van der Waals surface area contributed by atoms with Crippen LogP contribution in [0, 0.1) is 0 Å². The summed E-state index contributed by atoms with van der Waals surface area (Å²) in [4.78, 5) is 2.41. The van der Waals surface area contributed by atoms with Crippen LogP contribution in [0.5, 0.6) is 0 Å². The number of rotatable bonds is 2. The van der Waals surface area contributed by atoms with E-state index in [9.17, 15) is 0 Å². The van der Waals surface area contributed by atoms with Crippen LogP contribution in [0.25, 0.3) is 0 Å². The van der Waals surface area contributed by atoms with E-state index in [2.05, 4.69) is 70.9 Å². The van der Waals surface area contributed by atoms with Crippen LogP contribution < -0.4 is 10.2 Å². The maximum atomic E-state index is 3.55. The summed E-state index contributed by atoms with van der Waals surface area (Å²) >= 11 is 0. The average Bonchev–Trinajstić information content (AvgIpc) is 2.90. The predicted molar refractivity (Wildman–Crippen MR) is 71.0 cm³/mol. The highest BCUT2D eigenvalue weighted by molar-refractivity contribution is 5.49. The molecule has 1 saturated heterocycles. The van der Waals surface area contributed by atoms with Crippen molar-refractivity contribution in [2.24, 2.45) is 0 Å². The zero-order valence-corrected chi connectivity index (χ0v) is 9.71. The molecule has 0 aromatic heterocycles. The third-order valence-corrected chi connectivity index (χ3v) is 3.21. The van der Waals surface area contributed by atoms with Gasteiger partial charge >= 0.3 is 0 Å². The van der Waals surface area contributed by atoms with Crippen LogP contribution in [0.3, 0.4) is 0 Å². The molecule has 1 heterocycles. The molecule has 1 fully saturated rings. The van der Waals surface area contributed by atoms with Crippen LogP contribution in [0.1, 0.15) is 11.7 Å². The molecule has 2 aromatic rings. The van der Waals surface area contributed by atoms with E-state index in [0.717, 1.165) is 13.1 Å². The fourth-order valence-electron chi connectivity index (χ4n) is 2.39. The Morgan fingerprint density at radius 2 is 1.53 bits per heavy atom. The Balaban J connectivity index is 1.91. The molecule has 0 amide bonds. The Kier molecular flexibility index (Phi) is 2.80. The van der Waals surface area contributed by atoms with E-state index in [1.54, 1.807) is 0 Å². The van der Waals surface area contributed by atoms with Crippen LogP contribution in [0.2, 0.25) is 0 Å². The van der Waals surface area contributed by atoms with Crippen LogP contribution in [0.4, 0.5) is 5.69 Å². The molecule has 1 N–H and O–H groups in total. The second-order valence-electron chi connectivity index (χ2n) is 4.30. The number of benzene rings is 2. The van der Waals surface area contributed by atoms with Crippen molar-refractivity contribution in [2.45, 2.75) is 6.17 Å². The van der Waals surface area contributed by atoms with E-state index in [4.69, 9.17) is 0 Å². The van der Waals surface area contributed by atoms with Gasteiger partial charge in [0.05, 0.1) is 0 Å². The molecule has 2 aromatic carbocycles. The van der Waals surface area contributed by atoms with Gasteiger partial charge in [0, 0.05) is 18.8 Å². The molecule has 3 rings (SSSR count). The SMILES string of the molecule is c1ccc(C2NCCN2c2ccccc2)cc1. The maximum Gasteiger partial charge on any atom is 0.106 e. The molecule has 2 heteroatoms. The van der Waals surface area contributed by atoms with Gasteiger partial charge in [-0.3, -0.25) is 5.32 Å². The van der Waals surface area contributed by atoms with E-state index in [1.165, 1.54) is 11.3 Å². The zero-order chi connectivity index (χ0) is 11.5. The van der Waals surface area contributed by atoms with E-state index in [-0.39, 0.29) is 0 Å². The third kappa shape index (κ3) is 2.04. The third-order valence-electron chi connectivity index (χ3n) is 3.21. The van der Waals surface area contributed by atoms with Crippen molar-refractivity contribution in [3.63, 3.8) is 0 Å². The fourth-order valence-corrected chi connectivity index (χ4v) is 2.39. The quantitative estimate of drug-likeness (QED) is 0.843. The van der Waals surface area contributed by atoms with Crippen molar-refractivity contribution in [1.29, 1.82) is 0 Å². The number of hydrogen-bond donors (Lipinski definition) is 1. The molecule has 86 valence electrons. The van der Waals surface area contributed by atoms with Crippen LogP contribution in [-0.4, -0.2) is 13.1 Å². The van der Waals surface area contributed by atoms with Gasteiger partial charge in [-0.05, 0) is 17.7 Å². The lowest BCUT2D eigenvalue weighted by molar-refractivity contribution is 0.644. The van der Waals surface area contributed by atoms with Crippen LogP contribution >= 0.6 is 0 Å². The van der Waals surface area contributed by atoms with Crippen molar-refractivity contribution >= 4 is 5.69 Å². The van der Waals surface area contributed by atoms with E-state index < -0.39 is 0 Å². The predicted octanol–water partition coefficient (Wildman–Crippen LogP) is 2.80. The Morgan fingerprint density at radius 3 is 2.24 bits per heavy atom. The highest BCUT2D eigenvalue weighted by atomic mass is 15.3. The first-order valence-corrected chi connectivity index (χ1v) is 6.05. The Labute approximate surface area is 102 Å². The van der Waals surface area contributed by atoms with Gasteiger partial charge in [-0.25, -0.2) is 0 Å². The number of anilines is 1. The zero-order valence-electron chi connectivity index (χ0n) is 9.71. The summed E-state index contributed by atoms with van der Waals surface area (Å²) in [5.74, 6) is 0. The van der Waals surface area contributed by atoms with Gasteiger partial charge in [0.25, 0.3) is 0 Å². The second kappa shape index (κ2) is 4.60. The monoisotopic (exact) mass is 224 g/mol. The highest BCUT2D eigenvalue weighted by Gasteiger charge is 2.24. The molecule has 0 radical (unpaired) electrons. The van der Waals surface area contributed by atoms with Crippen molar-refractivity contribution < 1.29 is 0 Å². The summed E-state index contributed by atoms with van der Waals surface area (Å²) < 4.78 is 0. The molecule has 1 aliphatic heterocycles. The summed E-state index contributed by atoms with van der Waals surface area (Å²) in [5.41, 5.74) is 2.61. The first-order valence-electron chi connectivity index (χ1n) is 6.05. The molecular weight excluding hydrogens is 208 g/mol. The molecule has 2 nitrogen and oxygen atoms in total. The van der Waals surface area contributed by atoms with Gasteiger partial charge < -0.3 is 4.90 Å². The lowest BCUT2D eigenvalue weighted by Gasteiger charge is -2.26. The largest absolute Gasteiger partial charge is 0.351 e. The van der Waals surface area contributed by atoms with Gasteiger partial charge in [-0.1, -0.05) is 48.5 Å². The summed E-state index contributed by atoms with van der Waals surface area (Å²) in [5, 5.41) is 3.55. The summed E-state index contributed by atoms with van der Waals surface area (Å²) in [6.45, 7) is 2.10. The smallest absolute Gasteiger partial charge is 0.106 e. The van der Waals surface area contributed by atoms with Gasteiger partial charge in [-0.15, -0.1) is 0 Å². The molecule has 17 heavy (non-hydrogen) atoms. The molecule has 1 aliphatic rings. The minimum absolute atomic E-state index is 0.304. The van der Waals surface area contributed by atoms with Gasteiger partial charge in [0.15, 0.2) is 0 Å². The van der Waals surface area contributed by atoms with E-state index in [1.807, 2.05) is 0 Å². The van der Waals surface area contributed by atoms with Crippen molar-refractivity contribution in [3.8, 4) is 0 Å². The number of para-hydroxylation sites is 1. The molecule has 1 unspecified atom stereocenters. The average molecular weight is 224 g/mol. The van der Waals surface area contributed by atoms with Gasteiger partial charge in [0.1, 0.15) is 6.17 Å². The lowest BCUT2D eigenvalue weighted by atomic mass is 10.1. The van der Waals surface area contributed by atoms with Crippen molar-refractivity contribution in [2.75, 3.05) is 18.0 Å². The minimum Gasteiger partial charge on any atom is -0.351 e. The number of nitrogens with one attached hydrogen (secondary N) is 1. The molecule has 0 saturated carbocycles. The van der Waals surface area contributed by atoms with E-state index in [0.29, 0.717) is 6.17 Å². The molecule has 0 bridgehead atoms. The lowest BCUT2D eigenvalue weighted by Crippen LogP contribution is -2.27. The van der Waals surface area contributed by atoms with Crippen molar-refractivity contribution in [1.82, 2.24) is 5.32 Å². The highest BCUT2D eigenvalue weighted by Crippen LogP contribution is 2.27. The molecule has 0 aliphatic carbocycles. The maximum absolute atomic E-state index is 3.55. The molecular formula is C15H16N2. The summed E-state index contributed by atoms with van der Waals surface area (Å²) in [6.07, 6.45) is 0.304. The first-order chi connectivity index (χ1) is 8.45. The second-order valence-corrected chi connectivity index (χ2v) is 4.30. The Morgan fingerprint density at radius 1 is 0.882 bits per heavy atom. The standard InChI is InChI=1S/C15H16N2/c1-3-7-13(8-4-1)15-16-11-12-17(15)14-9-5-2-6-10-14/h1-10,15-16H,11-12H2. The first kappa shape index (κ1) is 10.4. The Bertz CT molecular complexity index is 421. The van der Waals surface area contributed by atoms with Crippen molar-refractivity contribution in [3.05, 3.63) is 66.2 Å². The van der Waals surface area contributed by atoms with Crippen LogP contribution in [-0.2, 0) is 0 Å². The topological polar surface area (TPSA) is 15.3 Å². The number of hydrogen-bond acceptors (Lipinski definition) is 2. The summed E-state index contributed by atoms with van der Waals surface area (Å²) in [6, 6.07) is 21.2. The molecule has 0 spiro atoms. The Hall–Kier alpha value is -1.80.